The number of carbonyl (C=O) groups is 2. The van der Waals surface area contributed by atoms with Crippen LogP contribution in [0.1, 0.15) is 38.4 Å². The summed E-state index contributed by atoms with van der Waals surface area (Å²) >= 11 is 4.51. The largest absolute Gasteiger partial charge is 0.466 e. The third-order valence-electron chi connectivity index (χ3n) is 3.15. The molecule has 0 unspecified atom stereocenters. The first kappa shape index (κ1) is 19.2. The molecule has 0 saturated carbocycles. The molecule has 4 nitrogen and oxygen atoms in total. The zero-order valence-electron chi connectivity index (χ0n) is 12.8. The zero-order valence-corrected chi connectivity index (χ0v) is 15.2. The van der Waals surface area contributed by atoms with Gasteiger partial charge in [0.25, 0.3) is 0 Å². The Bertz CT molecular complexity index is 489. The van der Waals surface area contributed by atoms with Crippen LogP contribution in [0.2, 0.25) is 0 Å². The summed E-state index contributed by atoms with van der Waals surface area (Å²) in [5, 5.41) is 10.4. The molecule has 22 heavy (non-hydrogen) atoms. The average Bonchev–Trinajstić information content (AvgIpc) is 2.48. The van der Waals surface area contributed by atoms with Gasteiger partial charge in [-0.05, 0) is 36.8 Å². The van der Waals surface area contributed by atoms with Crippen LogP contribution in [-0.2, 0) is 14.3 Å². The van der Waals surface area contributed by atoms with Crippen LogP contribution in [0.25, 0.3) is 0 Å². The van der Waals surface area contributed by atoms with E-state index >= 15 is 0 Å². The smallest absolute Gasteiger partial charge is 0.305 e. The van der Waals surface area contributed by atoms with Crippen molar-refractivity contribution in [3.05, 3.63) is 34.3 Å². The number of thioether (sulfide) groups is 1. The fourth-order valence-corrected chi connectivity index (χ4v) is 3.06. The van der Waals surface area contributed by atoms with Crippen molar-refractivity contribution in [3.63, 3.8) is 0 Å². The van der Waals surface area contributed by atoms with Gasteiger partial charge in [-0.3, -0.25) is 9.59 Å². The number of benzene rings is 1. The number of hydrogen-bond acceptors (Lipinski definition) is 5. The van der Waals surface area contributed by atoms with Gasteiger partial charge in [-0.1, -0.05) is 46.7 Å². The Morgan fingerprint density at radius 3 is 2.45 bits per heavy atom. The second-order valence-electron chi connectivity index (χ2n) is 4.70. The summed E-state index contributed by atoms with van der Waals surface area (Å²) in [6, 6.07) is 7.18. The second kappa shape index (κ2) is 10.0. The highest BCUT2D eigenvalue weighted by Gasteiger charge is 2.28. The Morgan fingerprint density at radius 1 is 1.27 bits per heavy atom. The first-order valence-electron chi connectivity index (χ1n) is 7.25. The Morgan fingerprint density at radius 2 is 1.91 bits per heavy atom. The molecule has 0 bridgehead atoms. The van der Waals surface area contributed by atoms with E-state index in [1.165, 1.54) is 11.8 Å². The summed E-state index contributed by atoms with van der Waals surface area (Å²) in [5.41, 5.74) is 0.669. The minimum absolute atomic E-state index is 0.0952. The maximum atomic E-state index is 12.2. The molecular weight excluding hydrogens is 368 g/mol. The highest BCUT2D eigenvalue weighted by atomic mass is 79.9. The van der Waals surface area contributed by atoms with Crippen molar-refractivity contribution < 1.29 is 19.4 Å². The molecule has 0 radical (unpaired) electrons. The van der Waals surface area contributed by atoms with Gasteiger partial charge in [0, 0.05) is 10.9 Å². The Kier molecular flexibility index (Phi) is 8.75. The lowest BCUT2D eigenvalue weighted by Crippen LogP contribution is -2.22. The van der Waals surface area contributed by atoms with Crippen molar-refractivity contribution in [1.82, 2.24) is 0 Å². The van der Waals surface area contributed by atoms with Crippen LogP contribution in [0, 0.1) is 5.92 Å². The molecule has 1 rings (SSSR count). The van der Waals surface area contributed by atoms with Crippen LogP contribution in [0.5, 0.6) is 0 Å². The van der Waals surface area contributed by atoms with Gasteiger partial charge in [-0.2, -0.15) is 0 Å². The highest BCUT2D eigenvalue weighted by molar-refractivity contribution is 9.10. The number of carbonyl (C=O) groups excluding carboxylic acids is 2. The number of ether oxygens (including phenoxy) is 1. The Labute approximate surface area is 143 Å². The van der Waals surface area contributed by atoms with Crippen LogP contribution >= 0.6 is 27.7 Å². The zero-order chi connectivity index (χ0) is 16.5. The molecule has 0 aromatic heterocycles. The van der Waals surface area contributed by atoms with E-state index in [2.05, 4.69) is 15.9 Å². The number of aliphatic hydroxyl groups excluding tert-OH is 1. The molecule has 0 amide bonds. The number of rotatable bonds is 8. The van der Waals surface area contributed by atoms with E-state index in [1.807, 2.05) is 19.1 Å². The summed E-state index contributed by atoms with van der Waals surface area (Å²) in [7, 11) is 0. The lowest BCUT2D eigenvalue weighted by Gasteiger charge is -2.21. The van der Waals surface area contributed by atoms with E-state index in [9.17, 15) is 14.7 Å². The third-order valence-corrected chi connectivity index (χ3v) is 4.55. The van der Waals surface area contributed by atoms with E-state index in [-0.39, 0.29) is 23.9 Å². The molecule has 2 atom stereocenters. The summed E-state index contributed by atoms with van der Waals surface area (Å²) < 4.78 is 5.79. The standard InChI is InChI=1S/C16H21BrO4S/c1-3-21-14(18)10-9-13(16(20)22-4-2)15(19)11-5-7-12(17)8-6-11/h5-8,13,15,19H,3-4,9-10H2,1-2H3/t13-,15+/m0/s1. The molecule has 0 aliphatic carbocycles. The maximum absolute atomic E-state index is 12.2. The fourth-order valence-electron chi connectivity index (χ4n) is 2.05. The van der Waals surface area contributed by atoms with Crippen LogP contribution in [0.4, 0.5) is 0 Å². The van der Waals surface area contributed by atoms with Gasteiger partial charge in [-0.15, -0.1) is 0 Å². The van der Waals surface area contributed by atoms with Gasteiger partial charge >= 0.3 is 5.97 Å². The van der Waals surface area contributed by atoms with Crippen LogP contribution < -0.4 is 0 Å². The average molecular weight is 389 g/mol. The fraction of sp³-hybridized carbons (Fsp3) is 0.500. The van der Waals surface area contributed by atoms with Crippen LogP contribution in [-0.4, -0.2) is 28.6 Å². The van der Waals surface area contributed by atoms with Gasteiger partial charge in [0.15, 0.2) is 5.12 Å². The molecule has 0 spiro atoms. The number of halogens is 1. The molecule has 0 fully saturated rings. The predicted molar refractivity (Wildman–Crippen MR) is 91.6 cm³/mol. The second-order valence-corrected chi connectivity index (χ2v) is 6.88. The van der Waals surface area contributed by atoms with E-state index in [0.29, 0.717) is 17.9 Å². The molecule has 1 aromatic carbocycles. The molecule has 0 aliphatic rings. The normalized spacial score (nSPS) is 13.5. The van der Waals surface area contributed by atoms with Gasteiger partial charge in [0.2, 0.25) is 0 Å². The van der Waals surface area contributed by atoms with Crippen molar-refractivity contribution in [2.75, 3.05) is 12.4 Å². The summed E-state index contributed by atoms with van der Waals surface area (Å²) in [5.74, 6) is -0.317. The first-order valence-corrected chi connectivity index (χ1v) is 9.03. The topological polar surface area (TPSA) is 63.6 Å². The minimum Gasteiger partial charge on any atom is -0.466 e. The molecule has 6 heteroatoms. The van der Waals surface area contributed by atoms with Crippen molar-refractivity contribution in [1.29, 1.82) is 0 Å². The monoisotopic (exact) mass is 388 g/mol. The van der Waals surface area contributed by atoms with E-state index < -0.39 is 12.0 Å². The molecule has 1 aromatic rings. The van der Waals surface area contributed by atoms with E-state index in [0.717, 1.165) is 4.47 Å². The van der Waals surface area contributed by atoms with Crippen molar-refractivity contribution >= 4 is 38.8 Å². The summed E-state index contributed by atoms with van der Waals surface area (Å²) in [6.45, 7) is 3.94. The Balaban J connectivity index is 2.81. The molecular formula is C16H21BrO4S. The molecule has 0 aliphatic heterocycles. The van der Waals surface area contributed by atoms with Gasteiger partial charge in [-0.25, -0.2) is 0 Å². The van der Waals surface area contributed by atoms with Crippen LogP contribution in [0.15, 0.2) is 28.7 Å². The van der Waals surface area contributed by atoms with Gasteiger partial charge < -0.3 is 9.84 Å². The third kappa shape index (κ3) is 6.10. The van der Waals surface area contributed by atoms with Gasteiger partial charge in [0.05, 0.1) is 18.6 Å². The molecule has 0 saturated heterocycles. The predicted octanol–water partition coefficient (Wildman–Crippen LogP) is 3.72. The number of aliphatic hydroxyl groups is 1. The van der Waals surface area contributed by atoms with Crippen molar-refractivity contribution in [2.24, 2.45) is 5.92 Å². The highest BCUT2D eigenvalue weighted by Crippen LogP contribution is 2.31. The molecule has 1 N–H and O–H groups in total. The lowest BCUT2D eigenvalue weighted by atomic mass is 9.92. The van der Waals surface area contributed by atoms with Gasteiger partial charge in [0.1, 0.15) is 0 Å². The van der Waals surface area contributed by atoms with E-state index in [4.69, 9.17) is 4.74 Å². The molecule has 0 heterocycles. The Hall–Kier alpha value is -0.850. The lowest BCUT2D eigenvalue weighted by molar-refractivity contribution is -0.143. The SMILES string of the molecule is CCOC(=O)CC[C@H](C(=O)SCC)[C@H](O)c1ccc(Br)cc1. The van der Waals surface area contributed by atoms with Crippen molar-refractivity contribution in [2.45, 2.75) is 32.8 Å². The molecule has 122 valence electrons. The summed E-state index contributed by atoms with van der Waals surface area (Å²) in [6.07, 6.45) is -0.515. The quantitative estimate of drug-likeness (QED) is 0.687. The number of esters is 1. The minimum atomic E-state index is -0.922. The maximum Gasteiger partial charge on any atom is 0.305 e. The van der Waals surface area contributed by atoms with E-state index in [1.54, 1.807) is 19.1 Å². The number of hydrogen-bond donors (Lipinski definition) is 1. The first-order chi connectivity index (χ1) is 10.5. The van der Waals surface area contributed by atoms with Crippen LogP contribution in [0.3, 0.4) is 0 Å². The summed E-state index contributed by atoms with van der Waals surface area (Å²) in [4.78, 5) is 23.7. The van der Waals surface area contributed by atoms with Crippen molar-refractivity contribution in [3.8, 4) is 0 Å².